The van der Waals surface area contributed by atoms with Crippen molar-refractivity contribution in [1.82, 2.24) is 19.4 Å². The molecular formula is C17H18F3N5O. The highest BCUT2D eigenvalue weighted by atomic mass is 19.4. The Hall–Kier alpha value is -2.58. The number of aromatic nitrogens is 4. The zero-order valence-electron chi connectivity index (χ0n) is 14.0. The molecule has 0 radical (unpaired) electrons. The third kappa shape index (κ3) is 2.45. The average molecular weight is 365 g/mol. The summed E-state index contributed by atoms with van der Waals surface area (Å²) in [5, 5.41) is 0. The van der Waals surface area contributed by atoms with Gasteiger partial charge in [-0.3, -0.25) is 9.20 Å². The lowest BCUT2D eigenvalue weighted by atomic mass is 9.93. The smallest absolute Gasteiger partial charge is 0.369 e. The van der Waals surface area contributed by atoms with Crippen LogP contribution in [0.1, 0.15) is 43.6 Å². The maximum atomic E-state index is 13.5. The summed E-state index contributed by atoms with van der Waals surface area (Å²) < 4.78 is 42.2. The molecule has 138 valence electrons. The molecule has 3 N–H and O–H groups in total. The Kier molecular flexibility index (Phi) is 3.71. The number of halogens is 3. The van der Waals surface area contributed by atoms with Crippen LogP contribution in [0.25, 0.3) is 16.7 Å². The normalized spacial score (nSPS) is 23.9. The molecule has 0 aromatic carbocycles. The van der Waals surface area contributed by atoms with Crippen molar-refractivity contribution in [3.8, 4) is 0 Å². The van der Waals surface area contributed by atoms with Crippen LogP contribution in [-0.4, -0.2) is 25.3 Å². The van der Waals surface area contributed by atoms with Gasteiger partial charge >= 0.3 is 6.18 Å². The Bertz CT molecular complexity index is 990. The first-order valence-electron chi connectivity index (χ1n) is 8.52. The summed E-state index contributed by atoms with van der Waals surface area (Å²) in [6.07, 6.45) is -0.0246. The number of nitrogens with zero attached hydrogens (tertiary/aromatic N) is 3. The maximum absolute atomic E-state index is 13.5. The number of primary amides is 1. The standard InChI is InChI=1S/C17H18F3N5O/c1-2-8-5-9(14(21)26)6-10(8)16-24-13(17(18,19)20)12-7-23-15-11(25(12)16)3-4-22-15/h3-4,7-10,22H,2,5-6H2,1H3,(H2,21,26)/t8-,9+,10-/m1/s1. The third-order valence-corrected chi connectivity index (χ3v) is 5.42. The van der Waals surface area contributed by atoms with E-state index in [-0.39, 0.29) is 23.3 Å². The lowest BCUT2D eigenvalue weighted by molar-refractivity contribution is -0.139. The van der Waals surface area contributed by atoms with E-state index in [0.717, 1.165) is 6.42 Å². The Morgan fingerprint density at radius 2 is 2.15 bits per heavy atom. The highest BCUT2D eigenvalue weighted by Crippen LogP contribution is 2.46. The van der Waals surface area contributed by atoms with Gasteiger partial charge in [0.05, 0.1) is 17.2 Å². The highest BCUT2D eigenvalue weighted by molar-refractivity contribution is 5.78. The number of nitrogens with one attached hydrogen (secondary N) is 1. The topological polar surface area (TPSA) is 89.1 Å². The molecule has 0 spiro atoms. The van der Waals surface area contributed by atoms with Crippen molar-refractivity contribution in [2.24, 2.45) is 17.6 Å². The van der Waals surface area contributed by atoms with Gasteiger partial charge in [-0.25, -0.2) is 9.97 Å². The summed E-state index contributed by atoms with van der Waals surface area (Å²) in [5.74, 6) is -0.621. The van der Waals surface area contributed by atoms with Gasteiger partial charge in [-0.15, -0.1) is 0 Å². The number of alkyl halides is 3. The summed E-state index contributed by atoms with van der Waals surface area (Å²) in [6, 6.07) is 1.68. The second kappa shape index (κ2) is 5.72. The van der Waals surface area contributed by atoms with Crippen molar-refractivity contribution in [1.29, 1.82) is 0 Å². The minimum absolute atomic E-state index is 0.0568. The fourth-order valence-electron chi connectivity index (χ4n) is 4.17. The zero-order valence-corrected chi connectivity index (χ0v) is 14.0. The van der Waals surface area contributed by atoms with E-state index in [0.29, 0.717) is 29.8 Å². The molecule has 0 bridgehead atoms. The molecule has 1 aliphatic rings. The first-order valence-corrected chi connectivity index (χ1v) is 8.52. The molecule has 3 heterocycles. The molecule has 1 fully saturated rings. The van der Waals surface area contributed by atoms with Crippen LogP contribution in [-0.2, 0) is 11.0 Å². The average Bonchev–Trinajstić information content (AvgIpc) is 3.28. The van der Waals surface area contributed by atoms with Gasteiger partial charge in [-0.05, 0) is 24.8 Å². The van der Waals surface area contributed by atoms with Crippen molar-refractivity contribution < 1.29 is 18.0 Å². The van der Waals surface area contributed by atoms with Crippen LogP contribution in [0.15, 0.2) is 18.5 Å². The molecule has 1 saturated carbocycles. The van der Waals surface area contributed by atoms with E-state index in [1.54, 1.807) is 12.3 Å². The van der Waals surface area contributed by atoms with E-state index < -0.39 is 17.8 Å². The summed E-state index contributed by atoms with van der Waals surface area (Å²) in [6.45, 7) is 1.97. The number of rotatable bonds is 3. The number of carbonyl (C=O) groups is 1. The first kappa shape index (κ1) is 16.9. The lowest BCUT2D eigenvalue weighted by Crippen LogP contribution is -2.20. The summed E-state index contributed by atoms with van der Waals surface area (Å²) >= 11 is 0. The van der Waals surface area contributed by atoms with Crippen LogP contribution >= 0.6 is 0 Å². The van der Waals surface area contributed by atoms with Gasteiger partial charge in [0.15, 0.2) is 11.3 Å². The van der Waals surface area contributed by atoms with Gasteiger partial charge in [-0.2, -0.15) is 13.2 Å². The molecule has 3 aromatic heterocycles. The Morgan fingerprint density at radius 3 is 2.81 bits per heavy atom. The molecule has 3 aromatic rings. The summed E-state index contributed by atoms with van der Waals surface area (Å²) in [5.41, 5.74) is 5.47. The number of aromatic amines is 1. The van der Waals surface area contributed by atoms with Gasteiger partial charge in [0, 0.05) is 18.0 Å². The highest BCUT2D eigenvalue weighted by Gasteiger charge is 2.43. The van der Waals surface area contributed by atoms with E-state index in [9.17, 15) is 18.0 Å². The fourth-order valence-corrected chi connectivity index (χ4v) is 4.17. The molecule has 0 unspecified atom stereocenters. The number of fused-ring (bicyclic) bond motifs is 3. The van der Waals surface area contributed by atoms with Crippen LogP contribution in [0.2, 0.25) is 0 Å². The van der Waals surface area contributed by atoms with Crippen LogP contribution in [0.4, 0.5) is 13.2 Å². The van der Waals surface area contributed by atoms with E-state index in [2.05, 4.69) is 15.0 Å². The number of imidazole rings is 1. The zero-order chi connectivity index (χ0) is 18.6. The first-order chi connectivity index (χ1) is 12.3. The monoisotopic (exact) mass is 365 g/mol. The second-order valence-corrected chi connectivity index (χ2v) is 6.85. The Morgan fingerprint density at radius 1 is 1.38 bits per heavy atom. The molecular weight excluding hydrogens is 347 g/mol. The largest absolute Gasteiger partial charge is 0.435 e. The van der Waals surface area contributed by atoms with Gasteiger partial charge in [0.1, 0.15) is 5.82 Å². The molecule has 9 heteroatoms. The van der Waals surface area contributed by atoms with Crippen molar-refractivity contribution in [3.05, 3.63) is 30.0 Å². The number of hydrogen-bond donors (Lipinski definition) is 2. The van der Waals surface area contributed by atoms with Crippen molar-refractivity contribution >= 4 is 22.6 Å². The Balaban J connectivity index is 1.97. The fraction of sp³-hybridized carbons (Fsp3) is 0.471. The predicted octanol–water partition coefficient (Wildman–Crippen LogP) is 3.23. The lowest BCUT2D eigenvalue weighted by Gasteiger charge is -2.17. The van der Waals surface area contributed by atoms with Crippen molar-refractivity contribution in [2.45, 2.75) is 38.3 Å². The van der Waals surface area contributed by atoms with E-state index in [1.165, 1.54) is 10.6 Å². The van der Waals surface area contributed by atoms with Crippen LogP contribution in [0, 0.1) is 11.8 Å². The predicted molar refractivity (Wildman–Crippen MR) is 88.3 cm³/mol. The van der Waals surface area contributed by atoms with E-state index in [1.807, 2.05) is 6.92 Å². The molecule has 1 aliphatic carbocycles. The van der Waals surface area contributed by atoms with Crippen LogP contribution in [0.5, 0.6) is 0 Å². The molecule has 1 amide bonds. The third-order valence-electron chi connectivity index (χ3n) is 5.42. The summed E-state index contributed by atoms with van der Waals surface area (Å²) in [4.78, 5) is 22.6. The van der Waals surface area contributed by atoms with Gasteiger partial charge in [-0.1, -0.05) is 13.3 Å². The number of carbonyl (C=O) groups excluding carboxylic acids is 1. The SMILES string of the molecule is CC[C@@H]1C[C@H](C(N)=O)C[C@H]1c1nc(C(F)(F)F)c2cnc3[nH]ccc3n12. The summed E-state index contributed by atoms with van der Waals surface area (Å²) in [7, 11) is 0. The van der Waals surface area contributed by atoms with Crippen LogP contribution in [0.3, 0.4) is 0 Å². The number of H-pyrrole nitrogens is 1. The molecule has 4 rings (SSSR count). The number of hydrogen-bond acceptors (Lipinski definition) is 3. The minimum Gasteiger partial charge on any atom is -0.369 e. The number of nitrogens with two attached hydrogens (primary N) is 1. The molecule has 6 nitrogen and oxygen atoms in total. The van der Waals surface area contributed by atoms with Crippen LogP contribution < -0.4 is 5.73 Å². The number of amides is 1. The molecule has 3 atom stereocenters. The Labute approximate surface area is 146 Å². The van der Waals surface area contributed by atoms with Gasteiger partial charge in [0.25, 0.3) is 0 Å². The van der Waals surface area contributed by atoms with E-state index >= 15 is 0 Å². The van der Waals surface area contributed by atoms with Crippen molar-refractivity contribution in [2.75, 3.05) is 0 Å². The minimum atomic E-state index is -4.58. The maximum Gasteiger partial charge on any atom is 0.435 e. The van der Waals surface area contributed by atoms with Crippen molar-refractivity contribution in [3.63, 3.8) is 0 Å². The molecule has 0 saturated heterocycles. The molecule has 0 aliphatic heterocycles. The second-order valence-electron chi connectivity index (χ2n) is 6.85. The van der Waals surface area contributed by atoms with Gasteiger partial charge in [0.2, 0.25) is 5.91 Å². The molecule has 26 heavy (non-hydrogen) atoms. The van der Waals surface area contributed by atoms with E-state index in [4.69, 9.17) is 5.73 Å². The van der Waals surface area contributed by atoms with Gasteiger partial charge < -0.3 is 10.7 Å². The quantitative estimate of drug-likeness (QED) is 0.747.